The van der Waals surface area contributed by atoms with E-state index >= 15 is 0 Å². The first-order valence-electron chi connectivity index (χ1n) is 8.98. The Morgan fingerprint density at radius 3 is 2.74 bits per heavy atom. The van der Waals surface area contributed by atoms with Crippen LogP contribution in [0, 0.1) is 6.92 Å². The first-order chi connectivity index (χ1) is 13.0. The maximum atomic E-state index is 12.7. The number of aromatic nitrogens is 4. The molecule has 3 heterocycles. The zero-order valence-corrected chi connectivity index (χ0v) is 15.3. The van der Waals surface area contributed by atoms with E-state index in [1.807, 2.05) is 30.3 Å². The molecule has 1 aliphatic heterocycles. The fourth-order valence-electron chi connectivity index (χ4n) is 3.57. The summed E-state index contributed by atoms with van der Waals surface area (Å²) in [4.78, 5) is 27.1. The number of aryl methyl sites for hydroxylation is 2. The molecule has 140 valence electrons. The third kappa shape index (κ3) is 3.18. The molecule has 27 heavy (non-hydrogen) atoms. The molecule has 0 saturated carbocycles. The molecule has 8 nitrogen and oxygen atoms in total. The highest BCUT2D eigenvalue weighted by Crippen LogP contribution is 2.27. The molecule has 0 N–H and O–H groups in total. The van der Waals surface area contributed by atoms with Gasteiger partial charge in [-0.25, -0.2) is 14.0 Å². The molecule has 0 spiro atoms. The van der Waals surface area contributed by atoms with Crippen LogP contribution in [0.1, 0.15) is 40.8 Å². The van der Waals surface area contributed by atoms with Crippen LogP contribution in [0.25, 0.3) is 5.69 Å². The molecule has 0 bridgehead atoms. The van der Waals surface area contributed by atoms with Gasteiger partial charge >= 0.3 is 5.69 Å². The lowest BCUT2D eigenvalue weighted by atomic mass is 9.96. The van der Waals surface area contributed by atoms with Crippen molar-refractivity contribution in [2.24, 2.45) is 7.05 Å². The third-order valence-corrected chi connectivity index (χ3v) is 4.88. The minimum absolute atomic E-state index is 0.0233. The summed E-state index contributed by atoms with van der Waals surface area (Å²) in [5.41, 5.74) is 0.905. The van der Waals surface area contributed by atoms with Crippen LogP contribution in [-0.4, -0.2) is 43.4 Å². The van der Waals surface area contributed by atoms with Gasteiger partial charge in [-0.1, -0.05) is 23.4 Å². The highest BCUT2D eigenvalue weighted by molar-refractivity contribution is 5.92. The van der Waals surface area contributed by atoms with Gasteiger partial charge in [0.05, 0.1) is 5.69 Å². The largest absolute Gasteiger partial charge is 0.361 e. The highest BCUT2D eigenvalue weighted by Gasteiger charge is 2.31. The molecule has 1 atom stereocenters. The Kier molecular flexibility index (Phi) is 4.39. The molecule has 1 fully saturated rings. The van der Waals surface area contributed by atoms with E-state index in [2.05, 4.69) is 10.3 Å². The van der Waals surface area contributed by atoms with E-state index in [4.69, 9.17) is 4.52 Å². The molecule has 2 aromatic heterocycles. The van der Waals surface area contributed by atoms with Crippen molar-refractivity contribution in [3.05, 3.63) is 64.2 Å². The number of carbonyl (C=O) groups excluding carboxylic acids is 1. The lowest BCUT2D eigenvalue weighted by Gasteiger charge is -2.31. The second kappa shape index (κ2) is 6.86. The number of para-hydroxylation sites is 1. The van der Waals surface area contributed by atoms with E-state index < -0.39 is 0 Å². The van der Waals surface area contributed by atoms with Crippen LogP contribution < -0.4 is 5.69 Å². The predicted octanol–water partition coefficient (Wildman–Crippen LogP) is 1.89. The highest BCUT2D eigenvalue weighted by atomic mass is 16.5. The fraction of sp³-hybridized carbons (Fsp3) is 0.368. The average Bonchev–Trinajstić information content (AvgIpc) is 3.25. The van der Waals surface area contributed by atoms with E-state index in [0.717, 1.165) is 18.5 Å². The Balaban J connectivity index is 1.65. The van der Waals surface area contributed by atoms with E-state index in [-0.39, 0.29) is 17.5 Å². The molecule has 3 aromatic rings. The second-order valence-corrected chi connectivity index (χ2v) is 6.85. The van der Waals surface area contributed by atoms with E-state index in [1.54, 1.807) is 29.5 Å². The van der Waals surface area contributed by atoms with Gasteiger partial charge < -0.3 is 9.42 Å². The first-order valence-corrected chi connectivity index (χ1v) is 8.98. The number of hydrogen-bond donors (Lipinski definition) is 0. The summed E-state index contributed by atoms with van der Waals surface area (Å²) in [5.74, 6) is 1.11. The lowest BCUT2D eigenvalue weighted by Crippen LogP contribution is -2.40. The monoisotopic (exact) mass is 367 g/mol. The summed E-state index contributed by atoms with van der Waals surface area (Å²) in [6.45, 7) is 2.91. The van der Waals surface area contributed by atoms with E-state index in [0.29, 0.717) is 30.4 Å². The van der Waals surface area contributed by atoms with Gasteiger partial charge in [0.2, 0.25) is 0 Å². The number of hydrogen-bond acceptors (Lipinski definition) is 5. The van der Waals surface area contributed by atoms with Gasteiger partial charge in [0.15, 0.2) is 5.69 Å². The molecule has 1 saturated heterocycles. The minimum Gasteiger partial charge on any atom is -0.361 e. The Morgan fingerprint density at radius 2 is 2.04 bits per heavy atom. The Bertz CT molecular complexity index is 1020. The molecule has 1 aliphatic rings. The van der Waals surface area contributed by atoms with Gasteiger partial charge in [-0.15, -0.1) is 0 Å². The first kappa shape index (κ1) is 17.3. The predicted molar refractivity (Wildman–Crippen MR) is 97.9 cm³/mol. The van der Waals surface area contributed by atoms with Gasteiger partial charge in [-0.05, 0) is 31.9 Å². The van der Waals surface area contributed by atoms with Crippen LogP contribution in [0.4, 0.5) is 0 Å². The molecule has 1 amide bonds. The van der Waals surface area contributed by atoms with Gasteiger partial charge in [-0.3, -0.25) is 4.79 Å². The summed E-state index contributed by atoms with van der Waals surface area (Å²) < 4.78 is 8.01. The van der Waals surface area contributed by atoms with Gasteiger partial charge in [-0.2, -0.15) is 5.10 Å². The van der Waals surface area contributed by atoms with Crippen LogP contribution in [0.2, 0.25) is 0 Å². The normalized spacial score (nSPS) is 17.3. The van der Waals surface area contributed by atoms with Crippen molar-refractivity contribution >= 4 is 5.91 Å². The topological polar surface area (TPSA) is 86.2 Å². The lowest BCUT2D eigenvalue weighted by molar-refractivity contribution is 0.0693. The summed E-state index contributed by atoms with van der Waals surface area (Å²) in [7, 11) is 1.65. The van der Waals surface area contributed by atoms with Crippen molar-refractivity contribution in [1.82, 2.24) is 24.4 Å². The second-order valence-electron chi connectivity index (χ2n) is 6.85. The van der Waals surface area contributed by atoms with E-state index in [1.165, 1.54) is 4.68 Å². The van der Waals surface area contributed by atoms with Crippen LogP contribution in [0.15, 0.2) is 45.7 Å². The molecular formula is C19H21N5O3. The van der Waals surface area contributed by atoms with Crippen molar-refractivity contribution in [1.29, 1.82) is 0 Å². The number of rotatable bonds is 3. The van der Waals surface area contributed by atoms with Crippen LogP contribution in [0.5, 0.6) is 0 Å². The zero-order valence-electron chi connectivity index (χ0n) is 15.3. The van der Waals surface area contributed by atoms with Gasteiger partial charge in [0.25, 0.3) is 5.91 Å². The molecule has 1 unspecified atom stereocenters. The Morgan fingerprint density at radius 1 is 1.26 bits per heavy atom. The van der Waals surface area contributed by atoms with Crippen LogP contribution in [-0.2, 0) is 7.05 Å². The third-order valence-electron chi connectivity index (χ3n) is 4.88. The molecule has 0 radical (unpaired) electrons. The number of piperidine rings is 1. The molecular weight excluding hydrogens is 346 g/mol. The summed E-state index contributed by atoms with van der Waals surface area (Å²) >= 11 is 0. The molecule has 1 aromatic carbocycles. The quantitative estimate of drug-likeness (QED) is 0.706. The van der Waals surface area contributed by atoms with Crippen molar-refractivity contribution in [3.63, 3.8) is 0 Å². The smallest absolute Gasteiger partial charge is 0.350 e. The van der Waals surface area contributed by atoms with Crippen LogP contribution in [0.3, 0.4) is 0 Å². The zero-order chi connectivity index (χ0) is 19.0. The van der Waals surface area contributed by atoms with Gasteiger partial charge in [0, 0.05) is 32.1 Å². The molecule has 4 rings (SSSR count). The van der Waals surface area contributed by atoms with Crippen molar-refractivity contribution < 1.29 is 9.32 Å². The Hall–Kier alpha value is -3.16. The average molecular weight is 367 g/mol. The SMILES string of the molecule is Cc1cc(C(=O)N2CCCC(c3nn(C)c(=O)n3-c3ccccc3)C2)no1. The minimum atomic E-state index is -0.188. The maximum Gasteiger partial charge on any atom is 0.350 e. The number of likely N-dealkylation sites (tertiary alicyclic amines) is 1. The number of amides is 1. The number of nitrogens with zero attached hydrogens (tertiary/aromatic N) is 5. The van der Waals surface area contributed by atoms with Crippen molar-refractivity contribution in [3.8, 4) is 5.69 Å². The number of carbonyl (C=O) groups is 1. The van der Waals surface area contributed by atoms with Crippen molar-refractivity contribution in [2.45, 2.75) is 25.7 Å². The van der Waals surface area contributed by atoms with Crippen LogP contribution >= 0.6 is 0 Å². The molecule has 0 aliphatic carbocycles. The standard InChI is InChI=1S/C19H21N5O3/c1-13-11-16(21-27-13)18(25)23-10-6-7-14(12-23)17-20-22(2)19(26)24(17)15-8-4-3-5-9-15/h3-5,8-9,11,14H,6-7,10,12H2,1-2H3. The maximum absolute atomic E-state index is 12.7. The van der Waals surface area contributed by atoms with Crippen molar-refractivity contribution in [2.75, 3.05) is 13.1 Å². The summed E-state index contributed by atoms with van der Waals surface area (Å²) in [5, 5.41) is 8.31. The number of benzene rings is 1. The molecule has 8 heteroatoms. The fourth-order valence-corrected chi connectivity index (χ4v) is 3.57. The summed E-state index contributed by atoms with van der Waals surface area (Å²) in [6.07, 6.45) is 1.71. The van der Waals surface area contributed by atoms with E-state index in [9.17, 15) is 9.59 Å². The Labute approximate surface area is 156 Å². The van der Waals surface area contributed by atoms with Gasteiger partial charge in [0.1, 0.15) is 11.6 Å². The summed E-state index contributed by atoms with van der Waals surface area (Å²) in [6, 6.07) is 11.1.